The van der Waals surface area contributed by atoms with Crippen molar-refractivity contribution in [2.75, 3.05) is 17.3 Å². The van der Waals surface area contributed by atoms with Crippen LogP contribution in [-0.4, -0.2) is 25.0 Å². The van der Waals surface area contributed by atoms with Gasteiger partial charge in [-0.05, 0) is 43.3 Å². The lowest BCUT2D eigenvalue weighted by Crippen LogP contribution is -2.41. The van der Waals surface area contributed by atoms with E-state index in [0.717, 1.165) is 24.3 Å². The summed E-state index contributed by atoms with van der Waals surface area (Å²) in [5.41, 5.74) is 0.249. The van der Waals surface area contributed by atoms with Crippen LogP contribution in [0.15, 0.2) is 42.5 Å². The number of nitrogens with one attached hydrogen (secondary N) is 1. The van der Waals surface area contributed by atoms with Crippen molar-refractivity contribution in [2.24, 2.45) is 0 Å². The maximum atomic E-state index is 12.6. The Bertz CT molecular complexity index is 863. The third-order valence-corrected chi connectivity index (χ3v) is 4.04. The third kappa shape index (κ3) is 3.35. The van der Waals surface area contributed by atoms with Gasteiger partial charge in [0.05, 0.1) is 11.3 Å². The van der Waals surface area contributed by atoms with Crippen LogP contribution < -0.4 is 15.0 Å². The molecule has 2 amide bonds. The summed E-state index contributed by atoms with van der Waals surface area (Å²) in [4.78, 5) is 25.6. The monoisotopic (exact) mass is 364 g/mol. The SMILES string of the molecule is CC1Oc2cc(NC(=O)c3ccc(C(F)(F)F)cc3)ccc2N(C)C1=O. The highest BCUT2D eigenvalue weighted by atomic mass is 19.4. The Morgan fingerprint density at radius 1 is 1.15 bits per heavy atom. The van der Waals surface area contributed by atoms with Gasteiger partial charge in [0, 0.05) is 24.4 Å². The molecule has 3 rings (SSSR count). The molecule has 0 saturated carbocycles. The Balaban J connectivity index is 1.78. The van der Waals surface area contributed by atoms with Gasteiger partial charge in [0.15, 0.2) is 6.10 Å². The van der Waals surface area contributed by atoms with E-state index >= 15 is 0 Å². The molecule has 1 unspecified atom stereocenters. The van der Waals surface area contributed by atoms with Crippen molar-refractivity contribution >= 4 is 23.2 Å². The standard InChI is InChI=1S/C18H15F3N2O3/c1-10-17(25)23(2)14-8-7-13(9-15(14)26-10)22-16(24)11-3-5-12(6-4-11)18(19,20)21/h3-10H,1-2H3,(H,22,24). The third-order valence-electron chi connectivity index (χ3n) is 4.04. The largest absolute Gasteiger partial charge is 0.479 e. The van der Waals surface area contributed by atoms with Gasteiger partial charge in [-0.15, -0.1) is 0 Å². The summed E-state index contributed by atoms with van der Waals surface area (Å²) in [5.74, 6) is -0.296. The number of halogens is 3. The molecule has 0 fully saturated rings. The fourth-order valence-corrected chi connectivity index (χ4v) is 2.61. The maximum Gasteiger partial charge on any atom is 0.416 e. The van der Waals surface area contributed by atoms with Crippen LogP contribution in [0.25, 0.3) is 0 Å². The number of ether oxygens (including phenoxy) is 1. The first kappa shape index (κ1) is 17.8. The van der Waals surface area contributed by atoms with E-state index in [1.165, 1.54) is 4.90 Å². The molecule has 5 nitrogen and oxygen atoms in total. The number of fused-ring (bicyclic) bond motifs is 1. The summed E-state index contributed by atoms with van der Waals surface area (Å²) < 4.78 is 43.3. The molecule has 1 atom stereocenters. The predicted molar refractivity (Wildman–Crippen MR) is 89.3 cm³/mol. The van der Waals surface area contributed by atoms with E-state index in [1.807, 2.05) is 0 Å². The second-order valence-corrected chi connectivity index (χ2v) is 5.87. The minimum Gasteiger partial charge on any atom is -0.479 e. The molecule has 0 aliphatic carbocycles. The van der Waals surface area contributed by atoms with Crippen molar-refractivity contribution in [1.29, 1.82) is 0 Å². The van der Waals surface area contributed by atoms with Crippen molar-refractivity contribution in [1.82, 2.24) is 0 Å². The molecule has 8 heteroatoms. The van der Waals surface area contributed by atoms with Crippen LogP contribution in [0.5, 0.6) is 5.75 Å². The lowest BCUT2D eigenvalue weighted by molar-refractivity contribution is -0.137. The second kappa shape index (κ2) is 6.36. The highest BCUT2D eigenvalue weighted by Gasteiger charge is 2.30. The number of nitrogens with zero attached hydrogens (tertiary/aromatic N) is 1. The number of hydrogen-bond donors (Lipinski definition) is 1. The lowest BCUT2D eigenvalue weighted by Gasteiger charge is -2.30. The Morgan fingerprint density at radius 3 is 2.42 bits per heavy atom. The van der Waals surface area contributed by atoms with Gasteiger partial charge >= 0.3 is 6.18 Å². The summed E-state index contributed by atoms with van der Waals surface area (Å²) in [6, 6.07) is 8.71. The number of likely N-dealkylation sites (N-methyl/N-ethyl adjacent to an activating group) is 1. The van der Waals surface area contributed by atoms with Gasteiger partial charge in [0.2, 0.25) is 0 Å². The molecule has 1 heterocycles. The Kier molecular flexibility index (Phi) is 4.35. The highest BCUT2D eigenvalue weighted by molar-refractivity contribution is 6.05. The van der Waals surface area contributed by atoms with Crippen LogP contribution in [0.1, 0.15) is 22.8 Å². The zero-order chi connectivity index (χ0) is 19.1. The normalized spacial score (nSPS) is 16.7. The van der Waals surface area contributed by atoms with Crippen LogP contribution in [-0.2, 0) is 11.0 Å². The number of amides is 2. The second-order valence-electron chi connectivity index (χ2n) is 5.87. The number of rotatable bonds is 2. The molecule has 1 aliphatic heterocycles. The van der Waals surface area contributed by atoms with Crippen LogP contribution in [0.4, 0.5) is 24.5 Å². The Hall–Kier alpha value is -3.03. The molecule has 26 heavy (non-hydrogen) atoms. The molecule has 0 aromatic heterocycles. The quantitative estimate of drug-likeness (QED) is 0.884. The number of carbonyl (C=O) groups excluding carboxylic acids is 2. The minimum atomic E-state index is -4.45. The first-order valence-electron chi connectivity index (χ1n) is 7.73. The first-order valence-corrected chi connectivity index (χ1v) is 7.73. The van der Waals surface area contributed by atoms with E-state index in [1.54, 1.807) is 32.2 Å². The smallest absolute Gasteiger partial charge is 0.416 e. The van der Waals surface area contributed by atoms with E-state index < -0.39 is 23.8 Å². The summed E-state index contributed by atoms with van der Waals surface area (Å²) in [5, 5.41) is 2.60. The minimum absolute atomic E-state index is 0.0947. The van der Waals surface area contributed by atoms with E-state index in [-0.39, 0.29) is 11.5 Å². The van der Waals surface area contributed by atoms with Gasteiger partial charge in [-0.25, -0.2) is 0 Å². The topological polar surface area (TPSA) is 58.6 Å². The maximum absolute atomic E-state index is 12.6. The van der Waals surface area contributed by atoms with E-state index in [0.29, 0.717) is 17.1 Å². The van der Waals surface area contributed by atoms with Crippen LogP contribution >= 0.6 is 0 Å². The van der Waals surface area contributed by atoms with Crippen molar-refractivity contribution in [3.8, 4) is 5.75 Å². The van der Waals surface area contributed by atoms with Gasteiger partial charge in [-0.3, -0.25) is 9.59 Å². The molecule has 0 radical (unpaired) electrons. The molecule has 0 bridgehead atoms. The number of alkyl halides is 3. The van der Waals surface area contributed by atoms with Crippen molar-refractivity contribution in [2.45, 2.75) is 19.2 Å². The van der Waals surface area contributed by atoms with Crippen molar-refractivity contribution in [3.63, 3.8) is 0 Å². The number of carbonyl (C=O) groups is 2. The van der Waals surface area contributed by atoms with Crippen molar-refractivity contribution in [3.05, 3.63) is 53.6 Å². The van der Waals surface area contributed by atoms with Crippen LogP contribution in [0.3, 0.4) is 0 Å². The highest BCUT2D eigenvalue weighted by Crippen LogP contribution is 2.35. The van der Waals surface area contributed by atoms with E-state index in [9.17, 15) is 22.8 Å². The molecule has 1 N–H and O–H groups in total. The van der Waals surface area contributed by atoms with Gasteiger partial charge in [-0.1, -0.05) is 0 Å². The predicted octanol–water partition coefficient (Wildman–Crippen LogP) is 3.70. The molecular formula is C18H15F3N2O3. The molecular weight excluding hydrogens is 349 g/mol. The first-order chi connectivity index (χ1) is 12.2. The molecule has 136 valence electrons. The van der Waals surface area contributed by atoms with Crippen LogP contribution in [0.2, 0.25) is 0 Å². The Labute approximate surface area is 147 Å². The molecule has 0 spiro atoms. The van der Waals surface area contributed by atoms with Gasteiger partial charge < -0.3 is 15.0 Å². The van der Waals surface area contributed by atoms with Crippen LogP contribution in [0, 0.1) is 0 Å². The average molecular weight is 364 g/mol. The number of hydrogen-bond acceptors (Lipinski definition) is 3. The molecule has 2 aromatic rings. The lowest BCUT2D eigenvalue weighted by atomic mass is 10.1. The molecule has 2 aromatic carbocycles. The summed E-state index contributed by atoms with van der Waals surface area (Å²) in [7, 11) is 1.63. The fourth-order valence-electron chi connectivity index (χ4n) is 2.61. The van der Waals surface area contributed by atoms with E-state index in [4.69, 9.17) is 4.74 Å². The molecule has 0 saturated heterocycles. The van der Waals surface area contributed by atoms with E-state index in [2.05, 4.69) is 5.32 Å². The van der Waals surface area contributed by atoms with Gasteiger partial charge in [0.1, 0.15) is 5.75 Å². The number of benzene rings is 2. The van der Waals surface area contributed by atoms with Crippen molar-refractivity contribution < 1.29 is 27.5 Å². The zero-order valence-electron chi connectivity index (χ0n) is 13.9. The van der Waals surface area contributed by atoms with Gasteiger partial charge in [-0.2, -0.15) is 13.2 Å². The summed E-state index contributed by atoms with van der Waals surface area (Å²) in [6.07, 6.45) is -5.10. The number of anilines is 2. The summed E-state index contributed by atoms with van der Waals surface area (Å²) in [6.45, 7) is 1.62. The summed E-state index contributed by atoms with van der Waals surface area (Å²) >= 11 is 0. The molecule has 1 aliphatic rings. The van der Waals surface area contributed by atoms with Gasteiger partial charge in [0.25, 0.3) is 11.8 Å². The Morgan fingerprint density at radius 2 is 1.81 bits per heavy atom. The fraction of sp³-hybridized carbons (Fsp3) is 0.222. The zero-order valence-corrected chi connectivity index (χ0v) is 13.9. The average Bonchev–Trinajstić information content (AvgIpc) is 2.59.